The zero-order valence-corrected chi connectivity index (χ0v) is 12.7. The van der Waals surface area contributed by atoms with Gasteiger partial charge >= 0.3 is 12.0 Å². The highest BCUT2D eigenvalue weighted by atomic mass is 16.4. The summed E-state index contributed by atoms with van der Waals surface area (Å²) in [6, 6.07) is -0.327. The van der Waals surface area contributed by atoms with Gasteiger partial charge in [0.1, 0.15) is 6.54 Å². The van der Waals surface area contributed by atoms with E-state index in [1.807, 2.05) is 20.9 Å². The standard InChI is InChI=1S/C14H22N4O3/c1-9-12(10(2)17(3)16-9)6-15-14(21)18(8-13(19)20)7-11-4-5-11/h11H,4-8H2,1-3H3,(H,15,21)(H,19,20). The van der Waals surface area contributed by atoms with E-state index >= 15 is 0 Å². The maximum absolute atomic E-state index is 12.2. The van der Waals surface area contributed by atoms with Gasteiger partial charge < -0.3 is 15.3 Å². The predicted octanol–water partition coefficient (Wildman–Crippen LogP) is 1.04. The molecule has 2 rings (SSSR count). The molecule has 116 valence electrons. The van der Waals surface area contributed by atoms with Crippen molar-refractivity contribution in [3.8, 4) is 0 Å². The number of carbonyl (C=O) groups is 2. The molecule has 7 nitrogen and oxygen atoms in total. The molecule has 1 heterocycles. The molecule has 0 radical (unpaired) electrons. The van der Waals surface area contributed by atoms with Crippen LogP contribution in [0, 0.1) is 19.8 Å². The van der Waals surface area contributed by atoms with E-state index in [1.54, 1.807) is 4.68 Å². The molecule has 2 N–H and O–H groups in total. The maximum atomic E-state index is 12.2. The van der Waals surface area contributed by atoms with Gasteiger partial charge in [-0.2, -0.15) is 5.10 Å². The smallest absolute Gasteiger partial charge is 0.323 e. The number of carboxylic acid groups (broad SMARTS) is 1. The number of hydrogen-bond donors (Lipinski definition) is 2. The molecule has 7 heteroatoms. The number of aliphatic carboxylic acids is 1. The summed E-state index contributed by atoms with van der Waals surface area (Å²) in [5, 5.41) is 16.0. The van der Waals surface area contributed by atoms with Gasteiger partial charge in [0.2, 0.25) is 0 Å². The molecular weight excluding hydrogens is 272 g/mol. The number of nitrogens with one attached hydrogen (secondary N) is 1. The Kier molecular flexibility index (Phi) is 4.50. The average molecular weight is 294 g/mol. The van der Waals surface area contributed by atoms with Crippen LogP contribution in [0.3, 0.4) is 0 Å². The second kappa shape index (κ2) is 6.15. The van der Waals surface area contributed by atoms with Gasteiger partial charge in [-0.05, 0) is 32.6 Å². The van der Waals surface area contributed by atoms with E-state index in [1.165, 1.54) is 4.90 Å². The van der Waals surface area contributed by atoms with E-state index in [-0.39, 0.29) is 12.6 Å². The molecule has 0 bridgehead atoms. The van der Waals surface area contributed by atoms with Gasteiger partial charge in [0.05, 0.1) is 5.69 Å². The van der Waals surface area contributed by atoms with Crippen LogP contribution < -0.4 is 5.32 Å². The zero-order valence-electron chi connectivity index (χ0n) is 12.7. The Morgan fingerprint density at radius 2 is 2.10 bits per heavy atom. The number of carboxylic acids is 1. The van der Waals surface area contributed by atoms with E-state index in [0.717, 1.165) is 29.8 Å². The molecule has 1 fully saturated rings. The van der Waals surface area contributed by atoms with Gasteiger partial charge in [-0.1, -0.05) is 0 Å². The van der Waals surface area contributed by atoms with Crippen molar-refractivity contribution in [2.45, 2.75) is 33.2 Å². The molecule has 1 saturated carbocycles. The summed E-state index contributed by atoms with van der Waals surface area (Å²) in [5.74, 6) is -0.531. The first-order valence-electron chi connectivity index (χ1n) is 7.12. The van der Waals surface area contributed by atoms with Crippen LogP contribution in [0.25, 0.3) is 0 Å². The largest absolute Gasteiger partial charge is 0.480 e. The van der Waals surface area contributed by atoms with Crippen molar-refractivity contribution in [3.63, 3.8) is 0 Å². The summed E-state index contributed by atoms with van der Waals surface area (Å²) in [7, 11) is 1.86. The number of aromatic nitrogens is 2. The number of rotatable bonds is 6. The molecule has 21 heavy (non-hydrogen) atoms. The first kappa shape index (κ1) is 15.3. The van der Waals surface area contributed by atoms with Gasteiger partial charge in [0.15, 0.2) is 0 Å². The molecular formula is C14H22N4O3. The molecule has 0 aliphatic heterocycles. The molecule has 1 aromatic heterocycles. The van der Waals surface area contributed by atoms with Crippen molar-refractivity contribution in [1.29, 1.82) is 0 Å². The summed E-state index contributed by atoms with van der Waals surface area (Å²) in [6.45, 7) is 4.47. The van der Waals surface area contributed by atoms with E-state index in [4.69, 9.17) is 5.11 Å². The minimum atomic E-state index is -0.987. The van der Waals surface area contributed by atoms with E-state index in [0.29, 0.717) is 19.0 Å². The minimum Gasteiger partial charge on any atom is -0.480 e. The second-order valence-corrected chi connectivity index (χ2v) is 5.65. The lowest BCUT2D eigenvalue weighted by Crippen LogP contribution is -2.43. The third-order valence-electron chi connectivity index (χ3n) is 3.86. The van der Waals surface area contributed by atoms with Crippen LogP contribution in [0.15, 0.2) is 0 Å². The third-order valence-corrected chi connectivity index (χ3v) is 3.86. The summed E-state index contributed by atoms with van der Waals surface area (Å²) in [5.41, 5.74) is 2.86. The Bertz CT molecular complexity index is 549. The van der Waals surface area contributed by atoms with E-state index < -0.39 is 5.97 Å². The molecule has 1 aliphatic carbocycles. The highest BCUT2D eigenvalue weighted by Crippen LogP contribution is 2.29. The summed E-state index contributed by atoms with van der Waals surface area (Å²) >= 11 is 0. The van der Waals surface area contributed by atoms with Crippen LogP contribution in [0.1, 0.15) is 29.8 Å². The number of aryl methyl sites for hydroxylation is 2. The van der Waals surface area contributed by atoms with Crippen LogP contribution in [-0.4, -0.2) is 44.9 Å². The molecule has 2 amide bonds. The van der Waals surface area contributed by atoms with Crippen LogP contribution in [0.2, 0.25) is 0 Å². The molecule has 0 atom stereocenters. The van der Waals surface area contributed by atoms with Crippen LogP contribution in [0.5, 0.6) is 0 Å². The van der Waals surface area contributed by atoms with Crippen LogP contribution in [0.4, 0.5) is 4.79 Å². The van der Waals surface area contributed by atoms with Crippen LogP contribution >= 0.6 is 0 Å². The topological polar surface area (TPSA) is 87.5 Å². The zero-order chi connectivity index (χ0) is 15.6. The van der Waals surface area contributed by atoms with E-state index in [2.05, 4.69) is 10.4 Å². The molecule has 1 aromatic rings. The average Bonchev–Trinajstić information content (AvgIpc) is 3.16. The molecule has 0 unspecified atom stereocenters. The number of carbonyl (C=O) groups excluding carboxylic acids is 1. The fourth-order valence-corrected chi connectivity index (χ4v) is 2.34. The lowest BCUT2D eigenvalue weighted by atomic mass is 10.2. The minimum absolute atomic E-state index is 0.257. The molecule has 1 aliphatic rings. The third kappa shape index (κ3) is 3.96. The number of amides is 2. The summed E-state index contributed by atoms with van der Waals surface area (Å²) in [4.78, 5) is 24.4. The second-order valence-electron chi connectivity index (χ2n) is 5.65. The Morgan fingerprint density at radius 3 is 2.57 bits per heavy atom. The van der Waals surface area contributed by atoms with Gasteiger partial charge in [0, 0.05) is 31.4 Å². The van der Waals surface area contributed by atoms with E-state index in [9.17, 15) is 9.59 Å². The Hall–Kier alpha value is -2.05. The van der Waals surface area contributed by atoms with Crippen LogP contribution in [-0.2, 0) is 18.4 Å². The fraction of sp³-hybridized carbons (Fsp3) is 0.643. The van der Waals surface area contributed by atoms with Gasteiger partial charge in [-0.15, -0.1) is 0 Å². The summed E-state index contributed by atoms with van der Waals surface area (Å²) in [6.07, 6.45) is 2.15. The first-order valence-corrected chi connectivity index (χ1v) is 7.12. The van der Waals surface area contributed by atoms with Gasteiger partial charge in [-0.25, -0.2) is 4.79 Å². The fourth-order valence-electron chi connectivity index (χ4n) is 2.34. The molecule has 0 spiro atoms. The highest BCUT2D eigenvalue weighted by molar-refractivity contribution is 5.80. The lowest BCUT2D eigenvalue weighted by molar-refractivity contribution is -0.137. The summed E-state index contributed by atoms with van der Waals surface area (Å²) < 4.78 is 1.77. The monoisotopic (exact) mass is 294 g/mol. The predicted molar refractivity (Wildman–Crippen MR) is 76.9 cm³/mol. The lowest BCUT2D eigenvalue weighted by Gasteiger charge is -2.21. The van der Waals surface area contributed by atoms with Crippen molar-refractivity contribution in [2.75, 3.05) is 13.1 Å². The van der Waals surface area contributed by atoms with Crippen molar-refractivity contribution in [1.82, 2.24) is 20.0 Å². The first-order chi connectivity index (χ1) is 9.88. The van der Waals surface area contributed by atoms with Crippen molar-refractivity contribution < 1.29 is 14.7 Å². The van der Waals surface area contributed by atoms with Gasteiger partial charge in [0.25, 0.3) is 0 Å². The van der Waals surface area contributed by atoms with Crippen molar-refractivity contribution in [2.24, 2.45) is 13.0 Å². The Morgan fingerprint density at radius 1 is 1.43 bits per heavy atom. The molecule has 0 aromatic carbocycles. The van der Waals surface area contributed by atoms with Crippen molar-refractivity contribution >= 4 is 12.0 Å². The quantitative estimate of drug-likeness (QED) is 0.820. The van der Waals surface area contributed by atoms with Gasteiger partial charge in [-0.3, -0.25) is 9.48 Å². The Labute approximate surface area is 123 Å². The van der Waals surface area contributed by atoms with Crippen molar-refractivity contribution in [3.05, 3.63) is 17.0 Å². The number of urea groups is 1. The number of hydrogen-bond acceptors (Lipinski definition) is 3. The SMILES string of the molecule is Cc1nn(C)c(C)c1CNC(=O)N(CC(=O)O)CC1CC1. The maximum Gasteiger partial charge on any atom is 0.323 e. The normalized spacial score (nSPS) is 14.0. The number of nitrogens with zero attached hydrogens (tertiary/aromatic N) is 3. The highest BCUT2D eigenvalue weighted by Gasteiger charge is 2.28. The molecule has 0 saturated heterocycles. The Balaban J connectivity index is 1.95.